The minimum atomic E-state index is -0.834. The van der Waals surface area contributed by atoms with Crippen molar-refractivity contribution in [3.8, 4) is 0 Å². The van der Waals surface area contributed by atoms with Gasteiger partial charge in [-0.2, -0.15) is 0 Å². The second kappa shape index (κ2) is 6.92. The molecule has 2 aromatic rings. The Morgan fingerprint density at radius 1 is 1.35 bits per heavy atom. The van der Waals surface area contributed by atoms with Crippen LogP contribution in [0.3, 0.4) is 0 Å². The van der Waals surface area contributed by atoms with Gasteiger partial charge in [-0.15, -0.1) is 0 Å². The normalized spacial score (nSPS) is 10.3. The second-order valence-electron chi connectivity index (χ2n) is 4.32. The van der Waals surface area contributed by atoms with E-state index in [-0.39, 0.29) is 28.0 Å². The number of aromatic nitrogens is 2. The summed E-state index contributed by atoms with van der Waals surface area (Å²) in [6.07, 6.45) is 0. The molecule has 6 N–H and O–H groups in total. The SMILES string of the molecule is NC(=O)CSc1nc(N)c(NC(=O)c2ccccc2F)c(=O)[nH]1. The van der Waals surface area contributed by atoms with Gasteiger partial charge >= 0.3 is 0 Å². The first-order chi connectivity index (χ1) is 10.9. The summed E-state index contributed by atoms with van der Waals surface area (Å²) >= 11 is 0.889. The maximum Gasteiger partial charge on any atom is 0.277 e. The molecular formula is C13H12FN5O3S. The van der Waals surface area contributed by atoms with E-state index in [4.69, 9.17) is 11.5 Å². The van der Waals surface area contributed by atoms with Crippen LogP contribution in [0.1, 0.15) is 10.4 Å². The third-order valence-corrected chi connectivity index (χ3v) is 3.53. The van der Waals surface area contributed by atoms with Crippen molar-refractivity contribution < 1.29 is 14.0 Å². The van der Waals surface area contributed by atoms with Crippen LogP contribution in [0.4, 0.5) is 15.9 Å². The minimum Gasteiger partial charge on any atom is -0.382 e. The molecule has 0 fully saturated rings. The number of thioether (sulfide) groups is 1. The van der Waals surface area contributed by atoms with Gasteiger partial charge in [-0.05, 0) is 12.1 Å². The van der Waals surface area contributed by atoms with Crippen molar-refractivity contribution in [2.75, 3.05) is 16.8 Å². The number of nitrogens with zero attached hydrogens (tertiary/aromatic N) is 1. The summed E-state index contributed by atoms with van der Waals surface area (Å²) in [5, 5.41) is 2.30. The summed E-state index contributed by atoms with van der Waals surface area (Å²) in [6.45, 7) is 0. The first kappa shape index (κ1) is 16.5. The van der Waals surface area contributed by atoms with Crippen LogP contribution in [0.2, 0.25) is 0 Å². The number of nitrogens with two attached hydrogens (primary N) is 2. The van der Waals surface area contributed by atoms with Crippen LogP contribution in [-0.4, -0.2) is 27.5 Å². The van der Waals surface area contributed by atoms with Gasteiger partial charge in [0.2, 0.25) is 5.91 Å². The summed E-state index contributed by atoms with van der Waals surface area (Å²) in [4.78, 5) is 40.8. The molecule has 0 radical (unpaired) electrons. The van der Waals surface area contributed by atoms with Crippen molar-refractivity contribution in [2.24, 2.45) is 5.73 Å². The molecule has 8 nitrogen and oxygen atoms in total. The van der Waals surface area contributed by atoms with Gasteiger partial charge in [-0.25, -0.2) is 9.37 Å². The average Bonchev–Trinajstić information content (AvgIpc) is 2.49. The summed E-state index contributed by atoms with van der Waals surface area (Å²) in [7, 11) is 0. The summed E-state index contributed by atoms with van der Waals surface area (Å²) in [5.74, 6) is -2.51. The molecule has 0 spiro atoms. The van der Waals surface area contributed by atoms with Gasteiger partial charge in [0.1, 0.15) is 11.5 Å². The van der Waals surface area contributed by atoms with E-state index in [1.807, 2.05) is 0 Å². The molecule has 1 aromatic carbocycles. The highest BCUT2D eigenvalue weighted by Gasteiger charge is 2.16. The number of hydrogen-bond acceptors (Lipinski definition) is 6. The van der Waals surface area contributed by atoms with Crippen LogP contribution in [0.15, 0.2) is 34.2 Å². The number of aromatic amines is 1. The van der Waals surface area contributed by atoms with E-state index in [1.165, 1.54) is 18.2 Å². The molecule has 0 aliphatic rings. The van der Waals surface area contributed by atoms with Crippen molar-refractivity contribution in [2.45, 2.75) is 5.16 Å². The zero-order valence-corrected chi connectivity index (χ0v) is 12.4. The molecule has 0 unspecified atom stereocenters. The van der Waals surface area contributed by atoms with Crippen molar-refractivity contribution >= 4 is 35.1 Å². The van der Waals surface area contributed by atoms with Gasteiger partial charge in [0.15, 0.2) is 11.0 Å². The number of nitrogen functional groups attached to an aromatic ring is 1. The zero-order chi connectivity index (χ0) is 17.0. The Bertz CT molecular complexity index is 823. The van der Waals surface area contributed by atoms with Gasteiger partial charge in [0.25, 0.3) is 11.5 Å². The molecule has 0 atom stereocenters. The van der Waals surface area contributed by atoms with E-state index in [9.17, 15) is 18.8 Å². The Labute approximate surface area is 133 Å². The topological polar surface area (TPSA) is 144 Å². The molecule has 1 heterocycles. The Balaban J connectivity index is 2.24. The zero-order valence-electron chi connectivity index (χ0n) is 11.6. The lowest BCUT2D eigenvalue weighted by molar-refractivity contribution is -0.115. The van der Waals surface area contributed by atoms with Crippen LogP contribution in [-0.2, 0) is 4.79 Å². The Kier molecular flexibility index (Phi) is 4.96. The van der Waals surface area contributed by atoms with Crippen LogP contribution >= 0.6 is 11.8 Å². The van der Waals surface area contributed by atoms with Gasteiger partial charge in [0.05, 0.1) is 11.3 Å². The van der Waals surface area contributed by atoms with Crippen molar-refractivity contribution in [1.29, 1.82) is 0 Å². The standard InChI is InChI=1S/C13H12FN5O3S/c14-7-4-2-1-3-6(7)11(21)17-9-10(16)18-13(19-12(9)22)23-5-8(15)20/h1-4H,5H2,(H2,15,20)(H,17,21)(H3,16,18,19,22). The number of benzene rings is 1. The van der Waals surface area contributed by atoms with E-state index in [0.717, 1.165) is 17.8 Å². The smallest absolute Gasteiger partial charge is 0.277 e. The molecule has 0 bridgehead atoms. The largest absolute Gasteiger partial charge is 0.382 e. The number of amides is 2. The first-order valence-electron chi connectivity index (χ1n) is 6.25. The molecular weight excluding hydrogens is 325 g/mol. The van der Waals surface area contributed by atoms with Crippen molar-refractivity contribution in [3.63, 3.8) is 0 Å². The van der Waals surface area contributed by atoms with E-state index in [0.29, 0.717) is 0 Å². The number of nitrogens with one attached hydrogen (secondary N) is 2. The maximum atomic E-state index is 13.5. The molecule has 0 aliphatic carbocycles. The van der Waals surface area contributed by atoms with Crippen LogP contribution in [0.25, 0.3) is 0 Å². The van der Waals surface area contributed by atoms with Crippen molar-refractivity contribution in [1.82, 2.24) is 9.97 Å². The fourth-order valence-electron chi connectivity index (χ4n) is 1.62. The molecule has 0 aliphatic heterocycles. The highest BCUT2D eigenvalue weighted by atomic mass is 32.2. The van der Waals surface area contributed by atoms with Gasteiger partial charge < -0.3 is 16.8 Å². The fourth-order valence-corrected chi connectivity index (χ4v) is 2.23. The number of rotatable bonds is 5. The number of primary amides is 1. The molecule has 23 heavy (non-hydrogen) atoms. The lowest BCUT2D eigenvalue weighted by atomic mass is 10.2. The summed E-state index contributed by atoms with van der Waals surface area (Å²) in [5.41, 5.74) is 9.34. The van der Waals surface area contributed by atoms with Gasteiger partial charge in [-0.1, -0.05) is 23.9 Å². The molecule has 1 aromatic heterocycles. The number of anilines is 2. The van der Waals surface area contributed by atoms with Crippen LogP contribution < -0.4 is 22.3 Å². The monoisotopic (exact) mass is 337 g/mol. The quantitative estimate of drug-likeness (QED) is 0.457. The maximum absolute atomic E-state index is 13.5. The second-order valence-corrected chi connectivity index (χ2v) is 5.28. The fraction of sp³-hybridized carbons (Fsp3) is 0.0769. The Hall–Kier alpha value is -2.88. The van der Waals surface area contributed by atoms with Crippen LogP contribution in [0, 0.1) is 5.82 Å². The summed E-state index contributed by atoms with van der Waals surface area (Å²) < 4.78 is 13.5. The van der Waals surface area contributed by atoms with E-state index in [1.54, 1.807) is 0 Å². The molecule has 10 heteroatoms. The number of carbonyl (C=O) groups is 2. The minimum absolute atomic E-state index is 0.0789. The van der Waals surface area contributed by atoms with E-state index < -0.39 is 23.2 Å². The van der Waals surface area contributed by atoms with Crippen molar-refractivity contribution in [3.05, 3.63) is 46.0 Å². The highest BCUT2D eigenvalue weighted by Crippen LogP contribution is 2.17. The average molecular weight is 337 g/mol. The molecule has 0 saturated heterocycles. The molecule has 2 amide bonds. The summed E-state index contributed by atoms with van der Waals surface area (Å²) in [6, 6.07) is 5.29. The molecule has 0 saturated carbocycles. The lowest BCUT2D eigenvalue weighted by Gasteiger charge is -2.08. The number of H-pyrrole nitrogens is 1. The lowest BCUT2D eigenvalue weighted by Crippen LogP contribution is -2.24. The highest BCUT2D eigenvalue weighted by molar-refractivity contribution is 7.99. The molecule has 120 valence electrons. The van der Waals surface area contributed by atoms with Gasteiger partial charge in [-0.3, -0.25) is 19.4 Å². The molecule has 2 rings (SSSR count). The number of carbonyl (C=O) groups excluding carboxylic acids is 2. The predicted octanol–water partition coefficient (Wildman–Crippen LogP) is 0.321. The third kappa shape index (κ3) is 4.07. The van der Waals surface area contributed by atoms with Crippen LogP contribution in [0.5, 0.6) is 0 Å². The number of hydrogen-bond donors (Lipinski definition) is 4. The Morgan fingerprint density at radius 2 is 2.04 bits per heavy atom. The van der Waals surface area contributed by atoms with E-state index >= 15 is 0 Å². The Morgan fingerprint density at radius 3 is 2.65 bits per heavy atom. The first-order valence-corrected chi connectivity index (χ1v) is 7.24. The van der Waals surface area contributed by atoms with Gasteiger partial charge in [0, 0.05) is 0 Å². The van der Waals surface area contributed by atoms with E-state index in [2.05, 4.69) is 15.3 Å². The predicted molar refractivity (Wildman–Crippen MR) is 83.5 cm³/mol. The number of halogens is 1. The third-order valence-electron chi connectivity index (χ3n) is 2.63.